The van der Waals surface area contributed by atoms with Gasteiger partial charge in [0.1, 0.15) is 0 Å². The van der Waals surface area contributed by atoms with Crippen LogP contribution in [0.15, 0.2) is 0 Å². The van der Waals surface area contributed by atoms with Crippen LogP contribution >= 0.6 is 0 Å². The quantitative estimate of drug-likeness (QED) is 0.455. The topological polar surface area (TPSA) is 44.4 Å². The summed E-state index contributed by atoms with van der Waals surface area (Å²) in [6, 6.07) is 0. The number of carbonyl (C=O) groups is 1. The molecule has 0 aromatic carbocycles. The van der Waals surface area contributed by atoms with E-state index in [1.165, 1.54) is 0 Å². The van der Waals surface area contributed by atoms with Crippen LogP contribution in [0, 0.1) is 0 Å². The summed E-state index contributed by atoms with van der Waals surface area (Å²) in [4.78, 5) is 10.8. The number of nitrogens with one attached hydrogen (secondary N) is 2. The zero-order chi connectivity index (χ0) is 6.69. The van der Waals surface area contributed by atoms with Crippen molar-refractivity contribution >= 4 is 5.91 Å². The fourth-order valence-corrected chi connectivity index (χ4v) is 0.843. The third-order valence-electron chi connectivity index (χ3n) is 1.36. The second kappa shape index (κ2) is 2.80. The van der Waals surface area contributed by atoms with E-state index in [4.69, 9.17) is 0 Å². The lowest BCUT2D eigenvalue weighted by Gasteiger charge is -2.25. The fourth-order valence-electron chi connectivity index (χ4n) is 0.843. The van der Waals surface area contributed by atoms with Gasteiger partial charge in [-0.15, -0.1) is 0 Å². The second-order valence-corrected chi connectivity index (χ2v) is 1.95. The highest BCUT2D eigenvalue weighted by Crippen LogP contribution is 1.86. The van der Waals surface area contributed by atoms with Gasteiger partial charge in [-0.3, -0.25) is 9.80 Å². The second-order valence-electron chi connectivity index (χ2n) is 1.95. The molecule has 1 saturated heterocycles. The number of piperazine rings is 1. The molecular weight excluding hydrogens is 118 g/mol. The van der Waals surface area contributed by atoms with Crippen molar-refractivity contribution < 1.29 is 4.79 Å². The van der Waals surface area contributed by atoms with Gasteiger partial charge in [0.2, 0.25) is 0 Å². The van der Waals surface area contributed by atoms with Gasteiger partial charge in [-0.1, -0.05) is 0 Å². The van der Waals surface area contributed by atoms with Gasteiger partial charge in [-0.05, 0) is 0 Å². The summed E-state index contributed by atoms with van der Waals surface area (Å²) in [7, 11) is 1.75. The molecule has 1 aliphatic rings. The van der Waals surface area contributed by atoms with Crippen LogP contribution < -0.4 is 10.7 Å². The average Bonchev–Trinajstić information content (AvgIpc) is 1.89. The monoisotopic (exact) mass is 129 g/mol. The van der Waals surface area contributed by atoms with Crippen molar-refractivity contribution in [1.82, 2.24) is 15.8 Å². The molecule has 0 aromatic rings. The van der Waals surface area contributed by atoms with Gasteiger partial charge in [-0.2, -0.15) is 0 Å². The average molecular weight is 129 g/mol. The maximum absolute atomic E-state index is 10.8. The van der Waals surface area contributed by atoms with E-state index in [0.717, 1.165) is 13.1 Å². The molecule has 0 aliphatic carbocycles. The zero-order valence-electron chi connectivity index (χ0n) is 5.48. The molecule has 1 aliphatic heterocycles. The number of carbonyl (C=O) groups excluding carboxylic acids is 1. The van der Waals surface area contributed by atoms with Crippen molar-refractivity contribution in [2.24, 2.45) is 0 Å². The first kappa shape index (κ1) is 6.51. The highest BCUT2D eigenvalue weighted by Gasteiger charge is 2.14. The Labute approximate surface area is 54.2 Å². The molecular formula is C5H11N3O. The Kier molecular flexibility index (Phi) is 2.02. The molecule has 0 unspecified atom stereocenters. The van der Waals surface area contributed by atoms with Crippen molar-refractivity contribution in [3.63, 3.8) is 0 Å². The number of nitrogens with zero attached hydrogens (tertiary/aromatic N) is 1. The normalized spacial score (nSPS) is 20.6. The summed E-state index contributed by atoms with van der Waals surface area (Å²) in [5.74, 6) is 0.115. The summed E-state index contributed by atoms with van der Waals surface area (Å²) in [6.07, 6.45) is 0. The SMILES string of the molecule is CNN1CCNCC1=O. The van der Waals surface area contributed by atoms with E-state index in [1.54, 1.807) is 12.1 Å². The van der Waals surface area contributed by atoms with Gasteiger partial charge in [0.25, 0.3) is 5.91 Å². The van der Waals surface area contributed by atoms with Crippen molar-refractivity contribution in [1.29, 1.82) is 0 Å². The molecule has 52 valence electrons. The summed E-state index contributed by atoms with van der Waals surface area (Å²) in [6.45, 7) is 2.10. The molecule has 0 aromatic heterocycles. The van der Waals surface area contributed by atoms with E-state index in [1.807, 2.05) is 0 Å². The third kappa shape index (κ3) is 1.40. The smallest absolute Gasteiger partial charge is 0.250 e. The van der Waals surface area contributed by atoms with Crippen LogP contribution in [0.1, 0.15) is 0 Å². The molecule has 0 atom stereocenters. The van der Waals surface area contributed by atoms with E-state index in [0.29, 0.717) is 6.54 Å². The lowest BCUT2D eigenvalue weighted by molar-refractivity contribution is -0.134. The standard InChI is InChI=1S/C5H11N3O/c1-6-8-3-2-7-4-5(8)9/h6-7H,2-4H2,1H3. The minimum Gasteiger partial charge on any atom is -0.307 e. The van der Waals surface area contributed by atoms with Gasteiger partial charge in [0.05, 0.1) is 6.54 Å². The van der Waals surface area contributed by atoms with Gasteiger partial charge >= 0.3 is 0 Å². The first-order valence-corrected chi connectivity index (χ1v) is 3.03. The van der Waals surface area contributed by atoms with Gasteiger partial charge < -0.3 is 5.32 Å². The largest absolute Gasteiger partial charge is 0.307 e. The van der Waals surface area contributed by atoms with E-state index < -0.39 is 0 Å². The maximum atomic E-state index is 10.8. The first-order chi connectivity index (χ1) is 4.34. The number of hydrogen-bond donors (Lipinski definition) is 2. The molecule has 1 amide bonds. The van der Waals surface area contributed by atoms with Crippen molar-refractivity contribution in [3.8, 4) is 0 Å². The van der Waals surface area contributed by atoms with Crippen molar-refractivity contribution in [3.05, 3.63) is 0 Å². The lowest BCUT2D eigenvalue weighted by Crippen LogP contribution is -2.52. The van der Waals surface area contributed by atoms with Crippen LogP contribution in [0.2, 0.25) is 0 Å². The highest BCUT2D eigenvalue weighted by molar-refractivity contribution is 5.78. The molecule has 1 rings (SSSR count). The number of hydrogen-bond acceptors (Lipinski definition) is 3. The first-order valence-electron chi connectivity index (χ1n) is 3.03. The molecule has 0 spiro atoms. The van der Waals surface area contributed by atoms with Gasteiger partial charge in [-0.25, -0.2) is 5.43 Å². The predicted octanol–water partition coefficient (Wildman–Crippen LogP) is -1.45. The molecule has 1 heterocycles. The van der Waals surface area contributed by atoms with Crippen LogP contribution in [-0.4, -0.2) is 37.6 Å². The van der Waals surface area contributed by atoms with E-state index in [9.17, 15) is 4.79 Å². The minimum absolute atomic E-state index is 0.115. The van der Waals surface area contributed by atoms with Crippen LogP contribution in [0.4, 0.5) is 0 Å². The van der Waals surface area contributed by atoms with E-state index in [-0.39, 0.29) is 5.91 Å². The lowest BCUT2D eigenvalue weighted by atomic mass is 10.4. The molecule has 4 nitrogen and oxygen atoms in total. The van der Waals surface area contributed by atoms with E-state index >= 15 is 0 Å². The molecule has 0 radical (unpaired) electrons. The molecule has 9 heavy (non-hydrogen) atoms. The van der Waals surface area contributed by atoms with Crippen LogP contribution in [0.25, 0.3) is 0 Å². The number of rotatable bonds is 1. The fraction of sp³-hybridized carbons (Fsp3) is 0.800. The summed E-state index contributed by atoms with van der Waals surface area (Å²) < 4.78 is 0. The van der Waals surface area contributed by atoms with Crippen molar-refractivity contribution in [2.45, 2.75) is 0 Å². The van der Waals surface area contributed by atoms with Crippen LogP contribution in [0.3, 0.4) is 0 Å². The summed E-state index contributed by atoms with van der Waals surface area (Å²) in [5.41, 5.74) is 2.80. The predicted molar refractivity (Wildman–Crippen MR) is 33.6 cm³/mol. The molecule has 2 N–H and O–H groups in total. The number of hydrazine groups is 1. The molecule has 0 saturated carbocycles. The maximum Gasteiger partial charge on any atom is 0.250 e. The Balaban J connectivity index is 2.39. The summed E-state index contributed by atoms with van der Waals surface area (Å²) in [5, 5.41) is 4.58. The van der Waals surface area contributed by atoms with Gasteiger partial charge in [0.15, 0.2) is 0 Å². The molecule has 4 heteroatoms. The summed E-state index contributed by atoms with van der Waals surface area (Å²) >= 11 is 0. The van der Waals surface area contributed by atoms with Crippen LogP contribution in [0.5, 0.6) is 0 Å². The zero-order valence-corrected chi connectivity index (χ0v) is 5.48. The number of amides is 1. The third-order valence-corrected chi connectivity index (χ3v) is 1.36. The van der Waals surface area contributed by atoms with Gasteiger partial charge in [0, 0.05) is 20.1 Å². The van der Waals surface area contributed by atoms with E-state index in [2.05, 4.69) is 10.7 Å². The molecule has 1 fully saturated rings. The Bertz CT molecular complexity index is 115. The Morgan fingerprint density at radius 3 is 3.00 bits per heavy atom. The highest BCUT2D eigenvalue weighted by atomic mass is 16.2. The Morgan fingerprint density at radius 1 is 1.78 bits per heavy atom. The van der Waals surface area contributed by atoms with Crippen LogP contribution in [-0.2, 0) is 4.79 Å². The Hall–Kier alpha value is -0.610. The minimum atomic E-state index is 0.115. The Morgan fingerprint density at radius 2 is 2.56 bits per heavy atom. The van der Waals surface area contributed by atoms with Crippen molar-refractivity contribution in [2.75, 3.05) is 26.7 Å². The molecule has 0 bridgehead atoms.